The Kier molecular flexibility index (Phi) is 3.25. The van der Waals surface area contributed by atoms with Crippen molar-refractivity contribution in [3.05, 3.63) is 63.9 Å². The van der Waals surface area contributed by atoms with E-state index in [0.717, 1.165) is 11.3 Å². The van der Waals surface area contributed by atoms with Crippen LogP contribution in [0.4, 0.5) is 0 Å². The highest BCUT2D eigenvalue weighted by atomic mass is 35.5. The smallest absolute Gasteiger partial charge is 0.194 e. The molecule has 1 aromatic heterocycles. The third kappa shape index (κ3) is 2.53. The molecule has 1 aromatic carbocycles. The van der Waals surface area contributed by atoms with E-state index in [1.54, 1.807) is 24.4 Å². The van der Waals surface area contributed by atoms with E-state index in [2.05, 4.69) is 4.98 Å². The molecule has 0 bridgehead atoms. The highest BCUT2D eigenvalue weighted by Gasteiger charge is 2.12. The topological polar surface area (TPSA) is 30.0 Å². The number of benzene rings is 1. The summed E-state index contributed by atoms with van der Waals surface area (Å²) >= 11 is 5.91. The van der Waals surface area contributed by atoms with Crippen LogP contribution in [0.1, 0.15) is 27.2 Å². The first kappa shape index (κ1) is 11.8. The van der Waals surface area contributed by atoms with Gasteiger partial charge in [-0.1, -0.05) is 17.7 Å². The molecule has 2 rings (SSSR count). The highest BCUT2D eigenvalue weighted by Crippen LogP contribution is 2.18. The third-order valence-electron chi connectivity index (χ3n) is 2.62. The summed E-state index contributed by atoms with van der Waals surface area (Å²) in [6, 6.07) is 8.93. The van der Waals surface area contributed by atoms with E-state index in [9.17, 15) is 4.79 Å². The summed E-state index contributed by atoms with van der Waals surface area (Å²) in [5.41, 5.74) is 3.02. The van der Waals surface area contributed by atoms with Crippen molar-refractivity contribution in [1.82, 2.24) is 4.98 Å². The first-order chi connectivity index (χ1) is 8.08. The zero-order chi connectivity index (χ0) is 12.4. The summed E-state index contributed by atoms with van der Waals surface area (Å²) in [5, 5.41) is 0.569. The van der Waals surface area contributed by atoms with Crippen LogP contribution in [0.3, 0.4) is 0 Å². The fourth-order valence-electron chi connectivity index (χ4n) is 1.60. The number of aryl methyl sites for hydroxylation is 2. The number of hydrogen-bond acceptors (Lipinski definition) is 2. The second-order valence-electron chi connectivity index (χ2n) is 3.98. The number of nitrogens with zero attached hydrogens (tertiary/aromatic N) is 1. The number of pyridine rings is 1. The van der Waals surface area contributed by atoms with E-state index in [0.29, 0.717) is 16.1 Å². The molecule has 0 aliphatic heterocycles. The van der Waals surface area contributed by atoms with Gasteiger partial charge in [-0.05, 0) is 43.7 Å². The van der Waals surface area contributed by atoms with Crippen LogP contribution in [0.25, 0.3) is 0 Å². The molecule has 0 aliphatic rings. The van der Waals surface area contributed by atoms with Crippen LogP contribution in [-0.4, -0.2) is 10.8 Å². The Morgan fingerprint density at radius 3 is 2.59 bits per heavy atom. The standard InChI is InChI=1S/C14H12ClNO/c1-9-3-6-12(15)7-13(9)14(17)11-5-4-10(2)16-8-11/h3-8H,1-2H3. The lowest BCUT2D eigenvalue weighted by Crippen LogP contribution is -2.04. The zero-order valence-electron chi connectivity index (χ0n) is 9.70. The fraction of sp³-hybridized carbons (Fsp3) is 0.143. The number of carbonyl (C=O) groups excluding carboxylic acids is 1. The minimum absolute atomic E-state index is 0.0440. The molecule has 17 heavy (non-hydrogen) atoms. The molecule has 2 aromatic rings. The van der Waals surface area contributed by atoms with Crippen molar-refractivity contribution in [3.8, 4) is 0 Å². The Morgan fingerprint density at radius 2 is 1.94 bits per heavy atom. The van der Waals surface area contributed by atoms with Gasteiger partial charge < -0.3 is 0 Å². The number of aromatic nitrogens is 1. The van der Waals surface area contributed by atoms with Crippen molar-refractivity contribution in [3.63, 3.8) is 0 Å². The largest absolute Gasteiger partial charge is 0.289 e. The van der Waals surface area contributed by atoms with Gasteiger partial charge in [0.15, 0.2) is 5.78 Å². The van der Waals surface area contributed by atoms with Gasteiger partial charge in [0, 0.05) is 28.0 Å². The number of hydrogen-bond donors (Lipinski definition) is 0. The summed E-state index contributed by atoms with van der Waals surface area (Å²) in [7, 11) is 0. The van der Waals surface area contributed by atoms with E-state index < -0.39 is 0 Å². The summed E-state index contributed by atoms with van der Waals surface area (Å²) in [6.45, 7) is 3.78. The monoisotopic (exact) mass is 245 g/mol. The van der Waals surface area contributed by atoms with Gasteiger partial charge in [0.2, 0.25) is 0 Å². The van der Waals surface area contributed by atoms with E-state index in [1.165, 1.54) is 0 Å². The van der Waals surface area contributed by atoms with Crippen LogP contribution in [0, 0.1) is 13.8 Å². The van der Waals surface area contributed by atoms with Crippen LogP contribution in [-0.2, 0) is 0 Å². The molecule has 0 radical (unpaired) electrons. The average Bonchev–Trinajstić information content (AvgIpc) is 2.32. The van der Waals surface area contributed by atoms with Crippen molar-refractivity contribution in [1.29, 1.82) is 0 Å². The Hall–Kier alpha value is -1.67. The fourth-order valence-corrected chi connectivity index (χ4v) is 1.77. The summed E-state index contributed by atoms with van der Waals surface area (Å²) in [5.74, 6) is -0.0440. The molecule has 3 heteroatoms. The van der Waals surface area contributed by atoms with E-state index in [-0.39, 0.29) is 5.78 Å². The lowest BCUT2D eigenvalue weighted by atomic mass is 10.0. The summed E-state index contributed by atoms with van der Waals surface area (Å²) in [6.07, 6.45) is 1.60. The second-order valence-corrected chi connectivity index (χ2v) is 4.41. The second kappa shape index (κ2) is 4.68. The molecule has 0 unspecified atom stereocenters. The van der Waals surface area contributed by atoms with E-state index in [4.69, 9.17) is 11.6 Å². The summed E-state index contributed by atoms with van der Waals surface area (Å²) < 4.78 is 0. The van der Waals surface area contributed by atoms with E-state index >= 15 is 0 Å². The lowest BCUT2D eigenvalue weighted by Gasteiger charge is -2.05. The number of rotatable bonds is 2. The molecule has 0 spiro atoms. The zero-order valence-corrected chi connectivity index (χ0v) is 10.5. The highest BCUT2D eigenvalue weighted by molar-refractivity contribution is 6.31. The molecular formula is C14H12ClNO. The van der Waals surface area contributed by atoms with Crippen molar-refractivity contribution in [2.45, 2.75) is 13.8 Å². The van der Waals surface area contributed by atoms with Crippen LogP contribution in [0.15, 0.2) is 36.5 Å². The lowest BCUT2D eigenvalue weighted by molar-refractivity contribution is 0.103. The maximum absolute atomic E-state index is 12.2. The Morgan fingerprint density at radius 1 is 1.18 bits per heavy atom. The molecule has 0 saturated heterocycles. The maximum atomic E-state index is 12.2. The van der Waals surface area contributed by atoms with Crippen molar-refractivity contribution < 1.29 is 4.79 Å². The molecule has 2 nitrogen and oxygen atoms in total. The Balaban J connectivity index is 2.43. The van der Waals surface area contributed by atoms with Crippen molar-refractivity contribution in [2.24, 2.45) is 0 Å². The molecule has 0 atom stereocenters. The Labute approximate surface area is 105 Å². The summed E-state index contributed by atoms with van der Waals surface area (Å²) in [4.78, 5) is 16.4. The van der Waals surface area contributed by atoms with E-state index in [1.807, 2.05) is 26.0 Å². The van der Waals surface area contributed by atoms with Crippen LogP contribution in [0.5, 0.6) is 0 Å². The maximum Gasteiger partial charge on any atom is 0.194 e. The van der Waals surface area contributed by atoms with Crippen LogP contribution in [0.2, 0.25) is 5.02 Å². The van der Waals surface area contributed by atoms with Gasteiger partial charge in [0.05, 0.1) is 0 Å². The molecule has 1 heterocycles. The van der Waals surface area contributed by atoms with Gasteiger partial charge in [-0.15, -0.1) is 0 Å². The minimum Gasteiger partial charge on any atom is -0.289 e. The first-order valence-electron chi connectivity index (χ1n) is 5.31. The van der Waals surface area contributed by atoms with Crippen molar-refractivity contribution in [2.75, 3.05) is 0 Å². The van der Waals surface area contributed by atoms with Crippen LogP contribution >= 0.6 is 11.6 Å². The molecule has 86 valence electrons. The van der Waals surface area contributed by atoms with Gasteiger partial charge in [-0.3, -0.25) is 9.78 Å². The predicted octanol–water partition coefficient (Wildman–Crippen LogP) is 3.58. The van der Waals surface area contributed by atoms with Crippen molar-refractivity contribution >= 4 is 17.4 Å². The normalized spacial score (nSPS) is 10.3. The van der Waals surface area contributed by atoms with Gasteiger partial charge in [-0.25, -0.2) is 0 Å². The SMILES string of the molecule is Cc1ccc(C(=O)c2cc(Cl)ccc2C)cn1. The predicted molar refractivity (Wildman–Crippen MR) is 68.6 cm³/mol. The number of halogens is 1. The first-order valence-corrected chi connectivity index (χ1v) is 5.69. The third-order valence-corrected chi connectivity index (χ3v) is 2.85. The van der Waals surface area contributed by atoms with Gasteiger partial charge in [0.1, 0.15) is 0 Å². The van der Waals surface area contributed by atoms with Gasteiger partial charge in [0.25, 0.3) is 0 Å². The number of carbonyl (C=O) groups is 1. The van der Waals surface area contributed by atoms with Gasteiger partial charge in [-0.2, -0.15) is 0 Å². The Bertz CT molecular complexity index is 561. The quantitative estimate of drug-likeness (QED) is 0.757. The molecule has 0 fully saturated rings. The minimum atomic E-state index is -0.0440. The van der Waals surface area contributed by atoms with Gasteiger partial charge >= 0.3 is 0 Å². The molecule has 0 saturated carbocycles. The molecule has 0 aliphatic carbocycles. The molecule has 0 amide bonds. The van der Waals surface area contributed by atoms with Crippen LogP contribution < -0.4 is 0 Å². The average molecular weight is 246 g/mol. The molecule has 0 N–H and O–H groups in total. The number of ketones is 1. The molecular weight excluding hydrogens is 234 g/mol.